The van der Waals surface area contributed by atoms with Gasteiger partial charge in [-0.3, -0.25) is 0 Å². The van der Waals surface area contributed by atoms with Crippen molar-refractivity contribution in [3.8, 4) is 11.5 Å². The third-order valence-corrected chi connectivity index (χ3v) is 3.40. The van der Waals surface area contributed by atoms with Crippen molar-refractivity contribution >= 4 is 12.1 Å². The first kappa shape index (κ1) is 25.3. The van der Waals surface area contributed by atoms with E-state index in [1.807, 2.05) is 6.92 Å². The number of hydrogen-bond acceptors (Lipinski definition) is 5. The lowest BCUT2D eigenvalue weighted by Crippen LogP contribution is -2.42. The van der Waals surface area contributed by atoms with Gasteiger partial charge in [-0.05, 0) is 40.7 Å². The molecule has 1 amide bonds. The maximum atomic E-state index is 12.8. The molecule has 170 valence electrons. The Labute approximate surface area is 176 Å². The predicted octanol–water partition coefficient (Wildman–Crippen LogP) is 3.27. The highest BCUT2D eigenvalue weighted by Gasteiger charge is 2.16. The van der Waals surface area contributed by atoms with Crippen molar-refractivity contribution in [3.63, 3.8) is 0 Å². The molecule has 0 aliphatic heterocycles. The number of nitrogens with zero attached hydrogens (tertiary/aromatic N) is 1. The van der Waals surface area contributed by atoms with Crippen molar-refractivity contribution in [3.05, 3.63) is 23.8 Å². The third-order valence-electron chi connectivity index (χ3n) is 3.40. The second-order valence-electron chi connectivity index (χ2n) is 7.11. The summed E-state index contributed by atoms with van der Waals surface area (Å²) < 4.78 is 40.9. The topological polar surface area (TPSA) is 93.2 Å². The lowest BCUT2D eigenvalue weighted by atomic mass is 10.2. The molecule has 0 saturated heterocycles. The molecule has 3 N–H and O–H groups in total. The molecule has 10 heteroatoms. The Morgan fingerprint density at radius 1 is 1.13 bits per heavy atom. The third kappa shape index (κ3) is 10.1. The molecule has 0 spiro atoms. The first-order valence-electron chi connectivity index (χ1n) is 9.84. The van der Waals surface area contributed by atoms with Crippen molar-refractivity contribution in [2.24, 2.45) is 4.99 Å². The normalized spacial score (nSPS) is 11.8. The van der Waals surface area contributed by atoms with Crippen molar-refractivity contribution in [2.45, 2.75) is 53.4 Å². The number of halogens is 2. The van der Waals surface area contributed by atoms with Crippen LogP contribution in [0.4, 0.5) is 13.6 Å². The van der Waals surface area contributed by atoms with Crippen LogP contribution in [0.25, 0.3) is 0 Å². The summed E-state index contributed by atoms with van der Waals surface area (Å²) in [5.41, 5.74) is -0.104. The first-order valence-corrected chi connectivity index (χ1v) is 9.84. The van der Waals surface area contributed by atoms with Crippen LogP contribution in [0, 0.1) is 0 Å². The Morgan fingerprint density at radius 3 is 2.43 bits per heavy atom. The summed E-state index contributed by atoms with van der Waals surface area (Å²) in [5.74, 6) is 0.680. The number of para-hydroxylation sites is 1. The van der Waals surface area contributed by atoms with Crippen LogP contribution in [0.5, 0.6) is 11.5 Å². The van der Waals surface area contributed by atoms with Gasteiger partial charge in [0.05, 0.1) is 13.2 Å². The van der Waals surface area contributed by atoms with Gasteiger partial charge in [0.25, 0.3) is 0 Å². The van der Waals surface area contributed by atoms with E-state index in [2.05, 4.69) is 25.7 Å². The number of alkyl halides is 2. The molecule has 0 fully saturated rings. The maximum Gasteiger partial charge on any atom is 0.407 e. The molecule has 8 nitrogen and oxygen atoms in total. The molecular weight excluding hydrogens is 398 g/mol. The highest BCUT2D eigenvalue weighted by molar-refractivity contribution is 5.79. The molecule has 1 aromatic rings. The highest BCUT2D eigenvalue weighted by atomic mass is 19.3. The molecule has 1 rings (SSSR count). The Balaban J connectivity index is 2.74. The van der Waals surface area contributed by atoms with E-state index in [1.54, 1.807) is 45.9 Å². The van der Waals surface area contributed by atoms with Crippen LogP contribution < -0.4 is 25.4 Å². The summed E-state index contributed by atoms with van der Waals surface area (Å²) in [6.07, 6.45) is -0.507. The fourth-order valence-corrected chi connectivity index (χ4v) is 2.34. The fraction of sp³-hybridized carbons (Fsp3) is 0.600. The summed E-state index contributed by atoms with van der Waals surface area (Å²) in [6.45, 7) is 7.77. The zero-order valence-electron chi connectivity index (χ0n) is 18.2. The van der Waals surface area contributed by atoms with Gasteiger partial charge in [0.1, 0.15) is 5.60 Å². The maximum absolute atomic E-state index is 12.8. The average Bonchev–Trinajstić information content (AvgIpc) is 2.63. The molecule has 0 unspecified atom stereocenters. The van der Waals surface area contributed by atoms with E-state index in [4.69, 9.17) is 9.47 Å². The molecule has 0 bridgehead atoms. The number of nitrogens with one attached hydrogen (secondary N) is 3. The fourth-order valence-electron chi connectivity index (χ4n) is 2.34. The van der Waals surface area contributed by atoms with E-state index in [0.29, 0.717) is 37.8 Å². The van der Waals surface area contributed by atoms with Crippen LogP contribution in [0.3, 0.4) is 0 Å². The van der Waals surface area contributed by atoms with E-state index in [9.17, 15) is 13.6 Å². The highest BCUT2D eigenvalue weighted by Crippen LogP contribution is 2.33. The number of carbonyl (C=O) groups excluding carboxylic acids is 1. The van der Waals surface area contributed by atoms with Crippen LogP contribution in [-0.2, 0) is 11.3 Å². The second kappa shape index (κ2) is 12.7. The Morgan fingerprint density at radius 2 is 1.83 bits per heavy atom. The van der Waals surface area contributed by atoms with Crippen LogP contribution >= 0.6 is 0 Å². The Hall–Kier alpha value is -2.78. The van der Waals surface area contributed by atoms with E-state index < -0.39 is 18.3 Å². The quantitative estimate of drug-likeness (QED) is 0.300. The van der Waals surface area contributed by atoms with Gasteiger partial charge in [-0.15, -0.1) is 0 Å². The standard InChI is InChI=1S/C20H32F2N4O4/c1-6-23-18(24-11-12-25-19(27)30-20(3,4)5)26-13-14-9-8-10-15(28-7-2)16(14)29-17(21)22/h8-10,17H,6-7,11-13H2,1-5H3,(H,25,27)(H2,23,24,26). The monoisotopic (exact) mass is 430 g/mol. The smallest absolute Gasteiger partial charge is 0.407 e. The molecule has 0 atom stereocenters. The van der Waals surface area contributed by atoms with Gasteiger partial charge in [-0.25, -0.2) is 9.79 Å². The first-order chi connectivity index (χ1) is 14.2. The van der Waals surface area contributed by atoms with Gasteiger partial charge in [0.15, 0.2) is 17.5 Å². The molecule has 0 radical (unpaired) electrons. The van der Waals surface area contributed by atoms with Gasteiger partial charge in [0.2, 0.25) is 0 Å². The Kier molecular flexibility index (Phi) is 10.7. The number of alkyl carbamates (subject to hydrolysis) is 1. The lowest BCUT2D eigenvalue weighted by Gasteiger charge is -2.20. The van der Waals surface area contributed by atoms with Crippen LogP contribution in [0.15, 0.2) is 23.2 Å². The van der Waals surface area contributed by atoms with Gasteiger partial charge in [-0.2, -0.15) is 8.78 Å². The summed E-state index contributed by atoms with van der Waals surface area (Å²) >= 11 is 0. The van der Waals surface area contributed by atoms with E-state index in [-0.39, 0.29) is 18.0 Å². The second-order valence-corrected chi connectivity index (χ2v) is 7.11. The van der Waals surface area contributed by atoms with Gasteiger partial charge in [-0.1, -0.05) is 12.1 Å². The number of aliphatic imine (C=N–C) groups is 1. The SMILES string of the molecule is CCNC(=NCc1cccc(OCC)c1OC(F)F)NCCNC(=O)OC(C)(C)C. The van der Waals surface area contributed by atoms with Crippen molar-refractivity contribution in [1.82, 2.24) is 16.0 Å². The minimum Gasteiger partial charge on any atom is -0.490 e. The van der Waals surface area contributed by atoms with E-state index in [1.165, 1.54) is 0 Å². The largest absolute Gasteiger partial charge is 0.490 e. The van der Waals surface area contributed by atoms with Crippen molar-refractivity contribution in [2.75, 3.05) is 26.2 Å². The number of ether oxygens (including phenoxy) is 3. The van der Waals surface area contributed by atoms with Crippen LogP contribution in [-0.4, -0.2) is 50.5 Å². The van der Waals surface area contributed by atoms with E-state index >= 15 is 0 Å². The minimum absolute atomic E-state index is 0.0273. The molecule has 0 heterocycles. The van der Waals surface area contributed by atoms with Crippen molar-refractivity contribution < 1.29 is 27.8 Å². The average molecular weight is 430 g/mol. The van der Waals surface area contributed by atoms with Crippen LogP contribution in [0.2, 0.25) is 0 Å². The molecule has 0 aliphatic carbocycles. The van der Waals surface area contributed by atoms with Crippen LogP contribution in [0.1, 0.15) is 40.2 Å². The summed E-state index contributed by atoms with van der Waals surface area (Å²) in [7, 11) is 0. The molecule has 0 aromatic heterocycles. The number of benzene rings is 1. The zero-order chi connectivity index (χ0) is 22.6. The summed E-state index contributed by atoms with van der Waals surface area (Å²) in [6, 6.07) is 4.91. The van der Waals surface area contributed by atoms with Crippen molar-refractivity contribution in [1.29, 1.82) is 0 Å². The molecular formula is C20H32F2N4O4. The number of rotatable bonds is 10. The number of carbonyl (C=O) groups is 1. The van der Waals surface area contributed by atoms with Gasteiger partial charge < -0.3 is 30.2 Å². The number of guanidine groups is 1. The minimum atomic E-state index is -2.97. The predicted molar refractivity (Wildman–Crippen MR) is 111 cm³/mol. The molecule has 0 aliphatic rings. The number of amides is 1. The molecule has 0 saturated carbocycles. The van der Waals surface area contributed by atoms with E-state index in [0.717, 1.165) is 0 Å². The van der Waals surface area contributed by atoms with Gasteiger partial charge >= 0.3 is 12.7 Å². The molecule has 1 aromatic carbocycles. The molecule has 30 heavy (non-hydrogen) atoms. The number of hydrogen-bond donors (Lipinski definition) is 3. The lowest BCUT2D eigenvalue weighted by molar-refractivity contribution is -0.0520. The summed E-state index contributed by atoms with van der Waals surface area (Å²) in [5, 5.41) is 8.75. The summed E-state index contributed by atoms with van der Waals surface area (Å²) in [4.78, 5) is 16.1. The Bertz CT molecular complexity index is 694. The zero-order valence-corrected chi connectivity index (χ0v) is 18.2. The van der Waals surface area contributed by atoms with Gasteiger partial charge in [0, 0.05) is 25.2 Å².